The van der Waals surface area contributed by atoms with Crippen LogP contribution in [0.1, 0.15) is 18.5 Å². The van der Waals surface area contributed by atoms with Crippen molar-refractivity contribution in [3.8, 4) is 5.75 Å². The number of rotatable bonds is 3. The fraction of sp³-hybridized carbons (Fsp3) is 0.500. The van der Waals surface area contributed by atoms with E-state index in [2.05, 4.69) is 15.3 Å². The number of ether oxygens (including phenoxy) is 1. The predicted molar refractivity (Wildman–Crippen MR) is 64.3 cm³/mol. The summed E-state index contributed by atoms with van der Waals surface area (Å²) in [6.07, 6.45) is 5.80. The van der Waals surface area contributed by atoms with Crippen molar-refractivity contribution in [2.45, 2.75) is 18.9 Å². The quantitative estimate of drug-likeness (QED) is 0.778. The van der Waals surface area contributed by atoms with Gasteiger partial charge in [0.15, 0.2) is 0 Å². The zero-order valence-corrected chi connectivity index (χ0v) is 9.52. The summed E-state index contributed by atoms with van der Waals surface area (Å²) in [6, 6.07) is 4.27. The lowest BCUT2D eigenvalue weighted by Crippen LogP contribution is -2.29. The highest BCUT2D eigenvalue weighted by molar-refractivity contribution is 5.77. The Balaban J connectivity index is 1.94. The average molecular weight is 219 g/mol. The maximum absolute atomic E-state index is 5.05. The molecular formula is C12H17N3O. The van der Waals surface area contributed by atoms with Gasteiger partial charge in [0.25, 0.3) is 0 Å². The Kier molecular flexibility index (Phi) is 3.88. The van der Waals surface area contributed by atoms with E-state index in [9.17, 15) is 0 Å². The van der Waals surface area contributed by atoms with Crippen molar-refractivity contribution < 1.29 is 4.74 Å². The Morgan fingerprint density at radius 1 is 1.44 bits per heavy atom. The van der Waals surface area contributed by atoms with Gasteiger partial charge < -0.3 is 10.1 Å². The van der Waals surface area contributed by atoms with Crippen molar-refractivity contribution in [1.82, 2.24) is 10.3 Å². The van der Waals surface area contributed by atoms with E-state index in [-0.39, 0.29) is 0 Å². The molecule has 1 fully saturated rings. The first kappa shape index (κ1) is 11.1. The van der Waals surface area contributed by atoms with Gasteiger partial charge in [0.05, 0.1) is 25.0 Å². The van der Waals surface area contributed by atoms with E-state index in [0.29, 0.717) is 6.04 Å². The Morgan fingerprint density at radius 3 is 2.88 bits per heavy atom. The van der Waals surface area contributed by atoms with Gasteiger partial charge >= 0.3 is 0 Å². The molecule has 0 aliphatic carbocycles. The highest BCUT2D eigenvalue weighted by Gasteiger charge is 2.09. The van der Waals surface area contributed by atoms with E-state index in [1.54, 1.807) is 13.3 Å². The lowest BCUT2D eigenvalue weighted by molar-refractivity contribution is 0.413. The number of hydrogen-bond acceptors (Lipinski definition) is 4. The monoisotopic (exact) mass is 219 g/mol. The standard InChI is InChI=1S/C12H17N3O/c1-16-12-3-2-11(15-9-12)8-14-10-4-6-13-7-5-10/h2-3,8-10,13H,4-7H2,1H3. The molecule has 4 nitrogen and oxygen atoms in total. The highest BCUT2D eigenvalue weighted by Crippen LogP contribution is 2.09. The van der Waals surface area contributed by atoms with Crippen LogP contribution in [0.25, 0.3) is 0 Å². The molecule has 2 rings (SSSR count). The molecule has 0 amide bonds. The molecule has 0 unspecified atom stereocenters. The van der Waals surface area contributed by atoms with Crippen molar-refractivity contribution in [2.75, 3.05) is 20.2 Å². The van der Waals surface area contributed by atoms with Crippen LogP contribution >= 0.6 is 0 Å². The van der Waals surface area contributed by atoms with Gasteiger partial charge in [-0.15, -0.1) is 0 Å². The molecule has 0 bridgehead atoms. The summed E-state index contributed by atoms with van der Waals surface area (Å²) >= 11 is 0. The number of nitrogens with one attached hydrogen (secondary N) is 1. The number of piperidine rings is 1. The summed E-state index contributed by atoms with van der Waals surface area (Å²) < 4.78 is 5.05. The second-order valence-electron chi connectivity index (χ2n) is 3.88. The third-order valence-corrected chi connectivity index (χ3v) is 2.72. The van der Waals surface area contributed by atoms with E-state index in [0.717, 1.165) is 37.4 Å². The zero-order valence-electron chi connectivity index (χ0n) is 9.52. The molecule has 0 atom stereocenters. The molecule has 0 radical (unpaired) electrons. The lowest BCUT2D eigenvalue weighted by atomic mass is 10.1. The fourth-order valence-corrected chi connectivity index (χ4v) is 1.73. The molecule has 0 spiro atoms. The zero-order chi connectivity index (χ0) is 11.2. The van der Waals surface area contributed by atoms with E-state index in [1.165, 1.54) is 0 Å². The van der Waals surface area contributed by atoms with Gasteiger partial charge in [-0.1, -0.05) is 0 Å². The van der Waals surface area contributed by atoms with Gasteiger partial charge in [0, 0.05) is 6.21 Å². The third kappa shape index (κ3) is 3.03. The first-order valence-electron chi connectivity index (χ1n) is 5.62. The SMILES string of the molecule is COc1ccc(C=NC2CCNCC2)nc1. The summed E-state index contributed by atoms with van der Waals surface area (Å²) in [6.45, 7) is 2.14. The van der Waals surface area contributed by atoms with Crippen LogP contribution in [0.5, 0.6) is 5.75 Å². The summed E-state index contributed by atoms with van der Waals surface area (Å²) in [5.41, 5.74) is 0.888. The summed E-state index contributed by atoms with van der Waals surface area (Å²) in [4.78, 5) is 8.78. The average Bonchev–Trinajstić information content (AvgIpc) is 2.38. The minimum absolute atomic E-state index is 0.449. The molecule has 1 aromatic rings. The molecule has 1 aliphatic rings. The highest BCUT2D eigenvalue weighted by atomic mass is 16.5. The number of methoxy groups -OCH3 is 1. The van der Waals surface area contributed by atoms with Crippen LogP contribution in [0, 0.1) is 0 Å². The molecule has 1 saturated heterocycles. The topological polar surface area (TPSA) is 46.5 Å². The van der Waals surface area contributed by atoms with Gasteiger partial charge in [-0.3, -0.25) is 9.98 Å². The largest absolute Gasteiger partial charge is 0.495 e. The second kappa shape index (κ2) is 5.61. The van der Waals surface area contributed by atoms with Crippen LogP contribution in [-0.2, 0) is 0 Å². The van der Waals surface area contributed by atoms with Gasteiger partial charge in [0.1, 0.15) is 5.75 Å². The van der Waals surface area contributed by atoms with Crippen LogP contribution in [0.15, 0.2) is 23.3 Å². The van der Waals surface area contributed by atoms with Crippen molar-refractivity contribution >= 4 is 6.21 Å². The normalized spacial score (nSPS) is 17.8. The molecule has 1 N–H and O–H groups in total. The number of hydrogen-bond donors (Lipinski definition) is 1. The van der Waals surface area contributed by atoms with Crippen LogP contribution < -0.4 is 10.1 Å². The molecule has 0 saturated carbocycles. The maximum atomic E-state index is 5.05. The van der Waals surface area contributed by atoms with Gasteiger partial charge in [-0.2, -0.15) is 0 Å². The molecular weight excluding hydrogens is 202 g/mol. The van der Waals surface area contributed by atoms with E-state index >= 15 is 0 Å². The molecule has 4 heteroatoms. The van der Waals surface area contributed by atoms with Crippen molar-refractivity contribution in [3.63, 3.8) is 0 Å². The minimum atomic E-state index is 0.449. The Morgan fingerprint density at radius 2 is 2.25 bits per heavy atom. The Hall–Kier alpha value is -1.42. The Bertz CT molecular complexity index is 342. The molecule has 16 heavy (non-hydrogen) atoms. The molecule has 86 valence electrons. The number of aliphatic imine (C=N–C) groups is 1. The summed E-state index contributed by atoms with van der Waals surface area (Å²) in [5.74, 6) is 0.777. The number of pyridine rings is 1. The van der Waals surface area contributed by atoms with Gasteiger partial charge in [-0.05, 0) is 38.1 Å². The fourth-order valence-electron chi connectivity index (χ4n) is 1.73. The van der Waals surface area contributed by atoms with Gasteiger partial charge in [-0.25, -0.2) is 0 Å². The third-order valence-electron chi connectivity index (χ3n) is 2.72. The minimum Gasteiger partial charge on any atom is -0.495 e. The Labute approximate surface area is 95.8 Å². The molecule has 1 aliphatic heterocycles. The van der Waals surface area contributed by atoms with Crippen molar-refractivity contribution in [1.29, 1.82) is 0 Å². The van der Waals surface area contributed by atoms with E-state index < -0.39 is 0 Å². The molecule has 2 heterocycles. The summed E-state index contributed by atoms with van der Waals surface area (Å²) in [5, 5.41) is 3.32. The molecule has 1 aromatic heterocycles. The van der Waals surface area contributed by atoms with Crippen molar-refractivity contribution in [3.05, 3.63) is 24.0 Å². The first-order chi connectivity index (χ1) is 7.88. The number of aromatic nitrogens is 1. The predicted octanol–water partition coefficient (Wildman–Crippen LogP) is 1.26. The summed E-state index contributed by atoms with van der Waals surface area (Å²) in [7, 11) is 1.64. The van der Waals surface area contributed by atoms with Gasteiger partial charge in [0.2, 0.25) is 0 Å². The second-order valence-corrected chi connectivity index (χ2v) is 3.88. The van der Waals surface area contributed by atoms with E-state index in [1.807, 2.05) is 18.3 Å². The van der Waals surface area contributed by atoms with E-state index in [4.69, 9.17) is 4.74 Å². The van der Waals surface area contributed by atoms with Crippen molar-refractivity contribution in [2.24, 2.45) is 4.99 Å². The molecule has 0 aromatic carbocycles. The van der Waals surface area contributed by atoms with Crippen LogP contribution in [-0.4, -0.2) is 37.4 Å². The van der Waals surface area contributed by atoms with Crippen LogP contribution in [0.2, 0.25) is 0 Å². The van der Waals surface area contributed by atoms with Crippen LogP contribution in [0.4, 0.5) is 0 Å². The lowest BCUT2D eigenvalue weighted by Gasteiger charge is -2.18. The van der Waals surface area contributed by atoms with Crippen LogP contribution in [0.3, 0.4) is 0 Å². The maximum Gasteiger partial charge on any atom is 0.137 e. The smallest absolute Gasteiger partial charge is 0.137 e. The number of nitrogens with zero attached hydrogens (tertiary/aromatic N) is 2. The first-order valence-corrected chi connectivity index (χ1v) is 5.62.